The summed E-state index contributed by atoms with van der Waals surface area (Å²) in [4.78, 5) is 12.6. The minimum atomic E-state index is -0.128. The van der Waals surface area contributed by atoms with Gasteiger partial charge in [-0.2, -0.15) is 0 Å². The molecular weight excluding hydrogens is 286 g/mol. The van der Waals surface area contributed by atoms with Gasteiger partial charge in [-0.15, -0.1) is 0 Å². The van der Waals surface area contributed by atoms with Crippen LogP contribution in [0, 0.1) is 0 Å². The van der Waals surface area contributed by atoms with Crippen LogP contribution in [0.25, 0.3) is 11.6 Å². The van der Waals surface area contributed by atoms with Crippen LogP contribution in [-0.2, 0) is 11.3 Å². The lowest BCUT2D eigenvalue weighted by Crippen LogP contribution is -2.23. The molecule has 1 N–H and O–H groups in total. The minimum Gasteiger partial charge on any atom is -0.465 e. The van der Waals surface area contributed by atoms with E-state index in [1.807, 2.05) is 66.7 Å². The first-order valence-electron chi connectivity index (χ1n) is 7.46. The van der Waals surface area contributed by atoms with Crippen molar-refractivity contribution in [3.8, 4) is 0 Å². The molecule has 0 aliphatic rings. The molecule has 3 nitrogen and oxygen atoms in total. The van der Waals surface area contributed by atoms with Gasteiger partial charge < -0.3 is 9.73 Å². The number of carbonyl (C=O) groups excluding carboxylic acids is 1. The lowest BCUT2D eigenvalue weighted by Gasteiger charge is -2.09. The van der Waals surface area contributed by atoms with Crippen LogP contribution in [0.3, 0.4) is 0 Å². The number of carbonyl (C=O) groups is 1. The van der Waals surface area contributed by atoms with Gasteiger partial charge in [0.25, 0.3) is 5.91 Å². The molecule has 0 saturated heterocycles. The zero-order valence-electron chi connectivity index (χ0n) is 12.6. The largest absolute Gasteiger partial charge is 0.465 e. The Hall–Kier alpha value is -3.07. The monoisotopic (exact) mass is 303 g/mol. The van der Waals surface area contributed by atoms with E-state index in [1.54, 1.807) is 18.4 Å². The average Bonchev–Trinajstić information content (AvgIpc) is 3.12. The van der Waals surface area contributed by atoms with Gasteiger partial charge in [-0.3, -0.25) is 4.79 Å². The highest BCUT2D eigenvalue weighted by Gasteiger charge is 2.12. The van der Waals surface area contributed by atoms with Crippen molar-refractivity contribution in [1.29, 1.82) is 0 Å². The molecule has 0 bridgehead atoms. The molecule has 1 heterocycles. The fraction of sp³-hybridized carbons (Fsp3) is 0.0500. The van der Waals surface area contributed by atoms with Gasteiger partial charge in [-0.25, -0.2) is 0 Å². The average molecular weight is 303 g/mol. The van der Waals surface area contributed by atoms with Crippen molar-refractivity contribution in [2.75, 3.05) is 0 Å². The van der Waals surface area contributed by atoms with Crippen LogP contribution in [0.2, 0.25) is 0 Å². The Labute approximate surface area is 135 Å². The first-order chi connectivity index (χ1) is 11.3. The molecule has 0 radical (unpaired) electrons. The molecule has 0 saturated carbocycles. The summed E-state index contributed by atoms with van der Waals surface area (Å²) in [7, 11) is 0. The highest BCUT2D eigenvalue weighted by atomic mass is 16.3. The van der Waals surface area contributed by atoms with Crippen LogP contribution in [0.5, 0.6) is 0 Å². The van der Waals surface area contributed by atoms with E-state index in [4.69, 9.17) is 4.42 Å². The van der Waals surface area contributed by atoms with Crippen molar-refractivity contribution in [3.63, 3.8) is 0 Å². The van der Waals surface area contributed by atoms with Crippen LogP contribution in [0.4, 0.5) is 0 Å². The Kier molecular flexibility index (Phi) is 4.69. The molecule has 0 fully saturated rings. The third-order valence-electron chi connectivity index (χ3n) is 3.46. The summed E-state index contributed by atoms with van der Waals surface area (Å²) in [6.07, 6.45) is 3.35. The van der Waals surface area contributed by atoms with Gasteiger partial charge in [0.15, 0.2) is 0 Å². The Morgan fingerprint density at radius 2 is 1.61 bits per heavy atom. The zero-order chi connectivity index (χ0) is 15.9. The SMILES string of the molecule is O=C(NCc1ccccc1)C(=Cc1ccco1)c1ccccc1. The molecular formula is C20H17NO2. The number of hydrogen-bond donors (Lipinski definition) is 1. The maximum Gasteiger partial charge on any atom is 0.252 e. The molecule has 0 unspecified atom stereocenters. The molecule has 1 amide bonds. The van der Waals surface area contributed by atoms with Crippen LogP contribution < -0.4 is 5.32 Å². The van der Waals surface area contributed by atoms with Crippen LogP contribution >= 0.6 is 0 Å². The molecule has 3 aromatic rings. The fourth-order valence-electron chi connectivity index (χ4n) is 2.29. The predicted octanol–water partition coefficient (Wildman–Crippen LogP) is 4.14. The number of rotatable bonds is 5. The molecule has 3 rings (SSSR count). The first-order valence-corrected chi connectivity index (χ1v) is 7.46. The summed E-state index contributed by atoms with van der Waals surface area (Å²) >= 11 is 0. The lowest BCUT2D eigenvalue weighted by atomic mass is 10.0. The van der Waals surface area contributed by atoms with Gasteiger partial charge in [-0.05, 0) is 29.3 Å². The van der Waals surface area contributed by atoms with Crippen molar-refractivity contribution in [2.45, 2.75) is 6.54 Å². The standard InChI is InChI=1S/C20H17NO2/c22-20(21-15-16-8-3-1-4-9-16)19(14-18-12-7-13-23-18)17-10-5-2-6-11-17/h1-14H,15H2,(H,21,22). The summed E-state index contributed by atoms with van der Waals surface area (Å²) in [5, 5.41) is 2.96. The van der Waals surface area contributed by atoms with Gasteiger partial charge in [0.1, 0.15) is 5.76 Å². The maximum atomic E-state index is 12.6. The topological polar surface area (TPSA) is 42.2 Å². The molecule has 23 heavy (non-hydrogen) atoms. The third kappa shape index (κ3) is 3.98. The molecule has 114 valence electrons. The van der Waals surface area contributed by atoms with Crippen molar-refractivity contribution in [3.05, 3.63) is 95.9 Å². The number of benzene rings is 2. The van der Waals surface area contributed by atoms with Crippen LogP contribution in [0.15, 0.2) is 83.5 Å². The highest BCUT2D eigenvalue weighted by Crippen LogP contribution is 2.19. The normalized spacial score (nSPS) is 11.2. The molecule has 0 aliphatic carbocycles. The number of amides is 1. The van der Waals surface area contributed by atoms with Gasteiger partial charge in [0.2, 0.25) is 0 Å². The van der Waals surface area contributed by atoms with Crippen molar-refractivity contribution < 1.29 is 9.21 Å². The zero-order valence-corrected chi connectivity index (χ0v) is 12.6. The van der Waals surface area contributed by atoms with E-state index < -0.39 is 0 Å². The summed E-state index contributed by atoms with van der Waals surface area (Å²) < 4.78 is 5.34. The smallest absolute Gasteiger partial charge is 0.252 e. The second-order valence-corrected chi connectivity index (χ2v) is 5.11. The van der Waals surface area contributed by atoms with E-state index in [0.717, 1.165) is 11.1 Å². The summed E-state index contributed by atoms with van der Waals surface area (Å²) in [5.74, 6) is 0.523. The minimum absolute atomic E-state index is 0.128. The molecule has 0 atom stereocenters. The summed E-state index contributed by atoms with van der Waals surface area (Å²) in [5.41, 5.74) is 2.50. The number of hydrogen-bond acceptors (Lipinski definition) is 2. The quantitative estimate of drug-likeness (QED) is 0.720. The van der Waals surface area contributed by atoms with Crippen molar-refractivity contribution >= 4 is 17.6 Å². The van der Waals surface area contributed by atoms with Crippen LogP contribution in [0.1, 0.15) is 16.9 Å². The van der Waals surface area contributed by atoms with E-state index in [2.05, 4.69) is 5.32 Å². The highest BCUT2D eigenvalue weighted by molar-refractivity contribution is 6.23. The number of nitrogens with one attached hydrogen (secondary N) is 1. The molecule has 1 aromatic heterocycles. The van der Waals surface area contributed by atoms with Crippen molar-refractivity contribution in [2.24, 2.45) is 0 Å². The van der Waals surface area contributed by atoms with Gasteiger partial charge >= 0.3 is 0 Å². The van der Waals surface area contributed by atoms with Crippen LogP contribution in [-0.4, -0.2) is 5.91 Å². The van der Waals surface area contributed by atoms with E-state index in [-0.39, 0.29) is 5.91 Å². The second-order valence-electron chi connectivity index (χ2n) is 5.11. The predicted molar refractivity (Wildman–Crippen MR) is 91.3 cm³/mol. The van der Waals surface area contributed by atoms with Crippen molar-refractivity contribution in [1.82, 2.24) is 5.32 Å². The summed E-state index contributed by atoms with van der Waals surface area (Å²) in [6.45, 7) is 0.488. The second kappa shape index (κ2) is 7.27. The molecule has 0 aliphatic heterocycles. The molecule has 0 spiro atoms. The van der Waals surface area contributed by atoms with Gasteiger partial charge in [-0.1, -0.05) is 60.7 Å². The Morgan fingerprint density at radius 3 is 2.26 bits per heavy atom. The Balaban J connectivity index is 1.82. The van der Waals surface area contributed by atoms with E-state index in [0.29, 0.717) is 17.9 Å². The maximum absolute atomic E-state index is 12.6. The fourth-order valence-corrected chi connectivity index (χ4v) is 2.29. The first kappa shape index (κ1) is 14.9. The Morgan fingerprint density at radius 1 is 0.913 bits per heavy atom. The van der Waals surface area contributed by atoms with E-state index >= 15 is 0 Å². The summed E-state index contributed by atoms with van der Waals surface area (Å²) in [6, 6.07) is 23.0. The lowest BCUT2D eigenvalue weighted by molar-refractivity contribution is -0.115. The van der Waals surface area contributed by atoms with Gasteiger partial charge in [0, 0.05) is 6.54 Å². The molecule has 2 aromatic carbocycles. The number of furan rings is 1. The Bertz CT molecular complexity index is 775. The molecule has 3 heteroatoms. The van der Waals surface area contributed by atoms with E-state index in [1.165, 1.54) is 0 Å². The third-order valence-corrected chi connectivity index (χ3v) is 3.46. The van der Waals surface area contributed by atoms with E-state index in [9.17, 15) is 4.79 Å². The van der Waals surface area contributed by atoms with Gasteiger partial charge in [0.05, 0.1) is 11.8 Å².